The first-order valence-electron chi connectivity index (χ1n) is 10.1. The summed E-state index contributed by atoms with van der Waals surface area (Å²) in [5.74, 6) is -0.774. The maximum absolute atomic E-state index is 13.2. The van der Waals surface area contributed by atoms with Gasteiger partial charge in [-0.25, -0.2) is 13.8 Å². The molecule has 1 atom stereocenters. The fourth-order valence-corrected chi connectivity index (χ4v) is 4.74. The maximum atomic E-state index is 13.2. The fraction of sp³-hybridized carbons (Fsp3) is 0.348. The van der Waals surface area contributed by atoms with Crippen molar-refractivity contribution < 1.29 is 18.3 Å². The molecule has 7 heteroatoms. The predicted octanol–water partition coefficient (Wildman–Crippen LogP) is 4.48. The van der Waals surface area contributed by atoms with Crippen molar-refractivity contribution in [2.45, 2.75) is 52.2 Å². The lowest BCUT2D eigenvalue weighted by molar-refractivity contribution is -0.148. The van der Waals surface area contributed by atoms with E-state index < -0.39 is 12.3 Å². The molecule has 0 radical (unpaired) electrons. The van der Waals surface area contributed by atoms with Gasteiger partial charge in [0.05, 0.1) is 34.9 Å². The molecular weight excluding hydrogens is 390 g/mol. The van der Waals surface area contributed by atoms with Gasteiger partial charge in [-0.2, -0.15) is 0 Å². The monoisotopic (exact) mass is 410 g/mol. The normalized spacial score (nSPS) is 17.1. The number of carbonyl (C=O) groups is 1. The topological polar surface area (TPSA) is 61.2 Å². The van der Waals surface area contributed by atoms with Crippen molar-refractivity contribution in [1.82, 2.24) is 9.55 Å². The molecule has 5 rings (SSSR count). The van der Waals surface area contributed by atoms with E-state index in [-0.39, 0.29) is 23.7 Å². The average molecular weight is 410 g/mol. The first kappa shape index (κ1) is 18.9. The molecule has 0 unspecified atom stereocenters. The Bertz CT molecular complexity index is 1280. The number of aromatic nitrogens is 2. The Labute approximate surface area is 171 Å². The van der Waals surface area contributed by atoms with Crippen LogP contribution in [0, 0.1) is 0 Å². The molecule has 2 aliphatic rings. The number of hydrogen-bond acceptors (Lipinski definition) is 4. The van der Waals surface area contributed by atoms with E-state index in [1.54, 1.807) is 10.6 Å². The van der Waals surface area contributed by atoms with Crippen LogP contribution in [0.1, 0.15) is 60.4 Å². The molecule has 2 aromatic heterocycles. The number of cyclic esters (lactones) is 1. The van der Waals surface area contributed by atoms with Gasteiger partial charge >= 0.3 is 5.97 Å². The quantitative estimate of drug-likeness (QED) is 0.468. The first-order valence-corrected chi connectivity index (χ1v) is 10.1. The molecule has 0 saturated carbocycles. The van der Waals surface area contributed by atoms with Gasteiger partial charge in [-0.3, -0.25) is 9.59 Å². The summed E-state index contributed by atoms with van der Waals surface area (Å²) in [7, 11) is 0. The van der Waals surface area contributed by atoms with Crippen LogP contribution in [-0.4, -0.2) is 15.5 Å². The zero-order valence-corrected chi connectivity index (χ0v) is 16.7. The largest absolute Gasteiger partial charge is 0.460 e. The molecule has 4 heterocycles. The van der Waals surface area contributed by atoms with Gasteiger partial charge in [-0.05, 0) is 42.2 Å². The van der Waals surface area contributed by atoms with E-state index in [0.717, 1.165) is 11.1 Å². The highest BCUT2D eigenvalue weighted by molar-refractivity contribution is 5.89. The molecule has 0 N–H and O–H groups in total. The van der Waals surface area contributed by atoms with E-state index in [9.17, 15) is 18.4 Å². The minimum atomic E-state index is -2.55. The number of esters is 1. The van der Waals surface area contributed by atoms with Gasteiger partial charge in [0.25, 0.3) is 12.0 Å². The lowest BCUT2D eigenvalue weighted by Crippen LogP contribution is -2.32. The number of hydrogen-bond donors (Lipinski definition) is 0. The lowest BCUT2D eigenvalue weighted by Gasteiger charge is -2.24. The summed E-state index contributed by atoms with van der Waals surface area (Å²) >= 11 is 0. The summed E-state index contributed by atoms with van der Waals surface area (Å²) in [6.45, 7) is 4.18. The van der Waals surface area contributed by atoms with Gasteiger partial charge in [0.1, 0.15) is 6.61 Å². The molecule has 30 heavy (non-hydrogen) atoms. The molecule has 1 aromatic carbocycles. The molecule has 3 aromatic rings. The van der Waals surface area contributed by atoms with Gasteiger partial charge in [-0.1, -0.05) is 19.9 Å². The lowest BCUT2D eigenvalue weighted by atomic mass is 9.90. The molecule has 2 aliphatic heterocycles. The summed E-state index contributed by atoms with van der Waals surface area (Å²) in [5.41, 5.74) is 4.82. The summed E-state index contributed by atoms with van der Waals surface area (Å²) < 4.78 is 33.4. The van der Waals surface area contributed by atoms with E-state index in [2.05, 4.69) is 0 Å². The van der Waals surface area contributed by atoms with Gasteiger partial charge in [0, 0.05) is 16.5 Å². The zero-order chi connectivity index (χ0) is 21.2. The molecule has 0 amide bonds. The summed E-state index contributed by atoms with van der Waals surface area (Å²) in [5, 5.41) is 0.699. The highest BCUT2D eigenvalue weighted by atomic mass is 19.3. The van der Waals surface area contributed by atoms with E-state index in [4.69, 9.17) is 9.72 Å². The average Bonchev–Trinajstić information content (AvgIpc) is 3.10. The smallest absolute Gasteiger partial charge is 0.313 e. The van der Waals surface area contributed by atoms with Gasteiger partial charge < -0.3 is 9.30 Å². The second kappa shape index (κ2) is 6.72. The summed E-state index contributed by atoms with van der Waals surface area (Å²) in [4.78, 5) is 30.2. The molecule has 0 fully saturated rings. The van der Waals surface area contributed by atoms with Crippen molar-refractivity contribution in [2.24, 2.45) is 0 Å². The second-order valence-corrected chi connectivity index (χ2v) is 7.77. The van der Waals surface area contributed by atoms with Crippen LogP contribution >= 0.6 is 0 Å². The van der Waals surface area contributed by atoms with Crippen LogP contribution in [-0.2, 0) is 29.1 Å². The number of alkyl halides is 2. The Morgan fingerprint density at radius 1 is 1.20 bits per heavy atom. The number of carbonyl (C=O) groups excluding carboxylic acids is 1. The third-order valence-electron chi connectivity index (χ3n) is 6.25. The minimum absolute atomic E-state index is 0.0199. The first-order chi connectivity index (χ1) is 14.4. The number of rotatable bonds is 3. The van der Waals surface area contributed by atoms with Crippen LogP contribution in [0.4, 0.5) is 8.78 Å². The van der Waals surface area contributed by atoms with Crippen molar-refractivity contribution in [3.8, 4) is 11.4 Å². The van der Waals surface area contributed by atoms with Crippen LogP contribution in [0.3, 0.4) is 0 Å². The highest BCUT2D eigenvalue weighted by Crippen LogP contribution is 2.39. The number of fused-ring (bicyclic) bond motifs is 5. The van der Waals surface area contributed by atoms with E-state index in [0.29, 0.717) is 52.8 Å². The number of pyridine rings is 2. The number of nitrogens with zero attached hydrogens (tertiary/aromatic N) is 2. The van der Waals surface area contributed by atoms with Crippen molar-refractivity contribution in [3.63, 3.8) is 0 Å². The van der Waals surface area contributed by atoms with Crippen LogP contribution in [0.5, 0.6) is 0 Å². The van der Waals surface area contributed by atoms with Crippen LogP contribution in [0.25, 0.3) is 22.3 Å². The number of aryl methyl sites for hydroxylation is 1. The Kier molecular flexibility index (Phi) is 4.24. The van der Waals surface area contributed by atoms with E-state index in [1.807, 2.05) is 19.9 Å². The highest BCUT2D eigenvalue weighted by Gasteiger charge is 2.34. The van der Waals surface area contributed by atoms with E-state index in [1.165, 1.54) is 12.1 Å². The molecule has 0 saturated heterocycles. The van der Waals surface area contributed by atoms with Crippen molar-refractivity contribution in [2.75, 3.05) is 0 Å². The summed E-state index contributed by atoms with van der Waals surface area (Å²) in [6.07, 6.45) is -1.37. The van der Waals surface area contributed by atoms with Crippen molar-refractivity contribution in [1.29, 1.82) is 0 Å². The third kappa shape index (κ3) is 2.54. The SMILES string of the molecule is CCc1c2c(nc3ccc(C(F)F)cc13)-c1cc3c(c(=O)n1C2)COC(=O)[C@@H]3CC. The predicted molar refractivity (Wildman–Crippen MR) is 108 cm³/mol. The van der Waals surface area contributed by atoms with Crippen molar-refractivity contribution >= 4 is 16.9 Å². The fourth-order valence-electron chi connectivity index (χ4n) is 4.74. The molecule has 0 spiro atoms. The van der Waals surface area contributed by atoms with Gasteiger partial charge in [0.2, 0.25) is 0 Å². The zero-order valence-electron chi connectivity index (χ0n) is 16.7. The molecule has 154 valence electrons. The Hall–Kier alpha value is -3.09. The number of halogens is 2. The molecule has 5 nitrogen and oxygen atoms in total. The summed E-state index contributed by atoms with van der Waals surface area (Å²) in [6, 6.07) is 6.40. The molecule has 0 aliphatic carbocycles. The Morgan fingerprint density at radius 3 is 2.70 bits per heavy atom. The Balaban J connectivity index is 1.78. The van der Waals surface area contributed by atoms with Gasteiger partial charge in [0.15, 0.2) is 0 Å². The molecular formula is C23H20F2N2O3. The third-order valence-corrected chi connectivity index (χ3v) is 6.25. The van der Waals surface area contributed by atoms with Crippen molar-refractivity contribution in [3.05, 3.63) is 62.4 Å². The minimum Gasteiger partial charge on any atom is -0.460 e. The van der Waals surface area contributed by atoms with Crippen LogP contribution < -0.4 is 5.56 Å². The molecule has 0 bridgehead atoms. The number of ether oxygens (including phenoxy) is 1. The second-order valence-electron chi connectivity index (χ2n) is 7.77. The van der Waals surface area contributed by atoms with E-state index >= 15 is 0 Å². The van der Waals surface area contributed by atoms with Gasteiger partial charge in [-0.15, -0.1) is 0 Å². The number of benzene rings is 1. The maximum Gasteiger partial charge on any atom is 0.313 e. The van der Waals surface area contributed by atoms with Crippen LogP contribution in [0.15, 0.2) is 29.1 Å². The Morgan fingerprint density at radius 2 is 2.00 bits per heavy atom. The van der Waals surface area contributed by atoms with Crippen LogP contribution in [0.2, 0.25) is 0 Å². The standard InChI is InChI=1S/C23H20F2N2O3/c1-3-12-15-7-11(21(24)25)5-6-18(15)26-20-16(12)9-27-19(20)8-14-13(4-2)23(29)30-10-17(14)22(27)28/h5-8,13,21H,3-4,9-10H2,1-2H3/t13-/m1/s1.